The Kier molecular flexibility index (Phi) is 7.80. The first-order valence-corrected chi connectivity index (χ1v) is 12.9. The number of thioether (sulfide) groups is 1. The Morgan fingerprint density at radius 3 is 2.74 bits per heavy atom. The van der Waals surface area contributed by atoms with Gasteiger partial charge in [-0.2, -0.15) is 13.2 Å². The normalized spacial score (nSPS) is 23.4. The molecule has 0 radical (unpaired) electrons. The molecule has 204 valence electrons. The molecule has 4 heterocycles. The number of hydrogen-bond acceptors (Lipinski definition) is 11. The summed E-state index contributed by atoms with van der Waals surface area (Å²) in [6.07, 6.45) is -2.45. The number of carbonyl (C=O) groups excluding carboxylic acids is 3. The van der Waals surface area contributed by atoms with Crippen LogP contribution in [-0.4, -0.2) is 92.3 Å². The van der Waals surface area contributed by atoms with Crippen molar-refractivity contribution in [3.05, 3.63) is 34.0 Å². The summed E-state index contributed by atoms with van der Waals surface area (Å²) >= 11 is 2.20. The zero-order valence-electron chi connectivity index (χ0n) is 19.6. The maximum Gasteiger partial charge on any atom is 0.401 e. The second-order valence-electron chi connectivity index (χ2n) is 8.51. The van der Waals surface area contributed by atoms with Gasteiger partial charge in [-0.05, 0) is 12.0 Å². The molecule has 0 aliphatic carbocycles. The van der Waals surface area contributed by atoms with E-state index in [2.05, 4.69) is 20.3 Å². The molecule has 0 bridgehead atoms. The molecule has 0 saturated carbocycles. The minimum atomic E-state index is -4.34. The lowest BCUT2D eigenvalue weighted by molar-refractivity contribution is -0.150. The third-order valence-corrected chi connectivity index (χ3v) is 7.67. The number of likely N-dealkylation sites (tertiary alicyclic amines) is 1. The maximum absolute atomic E-state index is 13.0. The number of nitrogen functional groups attached to an aromatic ring is 1. The van der Waals surface area contributed by atoms with Crippen molar-refractivity contribution in [3.8, 4) is 0 Å². The topological polar surface area (TPSA) is 168 Å². The highest BCUT2D eigenvalue weighted by Gasteiger charge is 2.54. The molecule has 2 saturated heterocycles. The van der Waals surface area contributed by atoms with Crippen molar-refractivity contribution in [2.45, 2.75) is 30.9 Å². The maximum atomic E-state index is 13.0. The van der Waals surface area contributed by atoms with E-state index in [1.807, 2.05) is 0 Å². The number of halogens is 3. The van der Waals surface area contributed by atoms with Crippen molar-refractivity contribution in [2.24, 2.45) is 5.16 Å². The summed E-state index contributed by atoms with van der Waals surface area (Å²) in [5.41, 5.74) is 5.87. The Morgan fingerprint density at radius 2 is 2.13 bits per heavy atom. The number of anilines is 1. The molecule has 1 aromatic heterocycles. The molecule has 12 nitrogen and oxygen atoms in total. The molecule has 0 aromatic carbocycles. The van der Waals surface area contributed by atoms with Crippen LogP contribution in [0.2, 0.25) is 0 Å². The Labute approximate surface area is 221 Å². The van der Waals surface area contributed by atoms with Crippen molar-refractivity contribution in [1.29, 1.82) is 0 Å². The van der Waals surface area contributed by atoms with Crippen molar-refractivity contribution in [1.82, 2.24) is 20.1 Å². The van der Waals surface area contributed by atoms with Crippen LogP contribution in [0.3, 0.4) is 0 Å². The summed E-state index contributed by atoms with van der Waals surface area (Å²) in [7, 11) is 0. The van der Waals surface area contributed by atoms with Gasteiger partial charge in [0.2, 0.25) is 0 Å². The molecule has 2 amide bonds. The fraction of sp³-hybridized carbons (Fsp3) is 0.429. The molecular weight excluding hydrogens is 553 g/mol. The van der Waals surface area contributed by atoms with Gasteiger partial charge >= 0.3 is 18.1 Å². The van der Waals surface area contributed by atoms with Crippen LogP contribution in [0.4, 0.5) is 18.3 Å². The molecule has 17 heteroatoms. The number of oxime groups is 1. The highest BCUT2D eigenvalue weighted by Crippen LogP contribution is 2.41. The van der Waals surface area contributed by atoms with Crippen molar-refractivity contribution >= 4 is 57.7 Å². The van der Waals surface area contributed by atoms with Gasteiger partial charge in [0.15, 0.2) is 10.8 Å². The number of aromatic nitrogens is 1. The lowest BCUT2D eigenvalue weighted by atomic mass is 10.0. The van der Waals surface area contributed by atoms with Gasteiger partial charge in [0.25, 0.3) is 11.8 Å². The summed E-state index contributed by atoms with van der Waals surface area (Å²) in [4.78, 5) is 59.9. The largest absolute Gasteiger partial charge is 0.477 e. The first-order chi connectivity index (χ1) is 17.8. The number of carboxylic acids is 1. The van der Waals surface area contributed by atoms with Crippen LogP contribution in [0.25, 0.3) is 0 Å². The number of nitrogens with zero attached hydrogens (tertiary/aromatic N) is 4. The molecule has 3 aliphatic rings. The van der Waals surface area contributed by atoms with Gasteiger partial charge in [0.1, 0.15) is 22.8 Å². The fourth-order valence-electron chi connectivity index (χ4n) is 4.17. The number of carbonyl (C=O) groups is 4. The smallest absolute Gasteiger partial charge is 0.401 e. The molecule has 0 unspecified atom stereocenters. The molecular formula is C21H21F3N6O6S2. The number of amides is 2. The van der Waals surface area contributed by atoms with Gasteiger partial charge in [-0.1, -0.05) is 16.8 Å². The van der Waals surface area contributed by atoms with E-state index in [1.165, 1.54) is 22.0 Å². The van der Waals surface area contributed by atoms with E-state index in [4.69, 9.17) is 5.73 Å². The Balaban J connectivity index is 1.51. The zero-order valence-corrected chi connectivity index (χ0v) is 21.3. The average molecular weight is 575 g/mol. The number of allylic oxidation sites excluding steroid dienone is 1. The Bertz CT molecular complexity index is 1280. The average Bonchev–Trinajstić information content (AvgIpc) is 3.44. The molecule has 2 fully saturated rings. The van der Waals surface area contributed by atoms with Gasteiger partial charge in [-0.15, -0.1) is 23.1 Å². The van der Waals surface area contributed by atoms with Crippen LogP contribution in [0.5, 0.6) is 0 Å². The SMILES string of the molecule is CC(=O)O/N=C(\C(=O)N[C@@H]1C(=O)N2C(C(=O)O)=C(C=C3CCN(CC(F)(F)F)C3)CS[C@H]12)c1csc(N)n1. The second kappa shape index (κ2) is 10.7. The fourth-order valence-corrected chi connectivity index (χ4v) is 6.03. The molecule has 3 aliphatic heterocycles. The summed E-state index contributed by atoms with van der Waals surface area (Å²) in [6.45, 7) is 0.248. The number of β-lactam (4-membered cyclic amide) rings is 1. The van der Waals surface area contributed by atoms with Gasteiger partial charge in [-0.3, -0.25) is 19.4 Å². The Morgan fingerprint density at radius 1 is 1.39 bits per heavy atom. The number of thiazole rings is 1. The van der Waals surface area contributed by atoms with Gasteiger partial charge in [0.05, 0.1) is 6.54 Å². The first kappa shape index (κ1) is 27.6. The van der Waals surface area contributed by atoms with Crippen LogP contribution < -0.4 is 11.1 Å². The standard InChI is InChI=1S/C21H21F3N6O6S2/c1-9(31)36-28-13(12-7-38-20(25)26-12)16(32)27-14-17(33)30-15(19(34)35)11(6-37-18(14)30)4-10-2-3-29(5-10)8-21(22,23)24/h4,7,14,18H,2-3,5-6,8H2,1H3,(H2,25,26)(H,27,32)(H,34,35)/b10-4?,28-13-/t14-,18-/m1/s1. The van der Waals surface area contributed by atoms with E-state index < -0.39 is 53.6 Å². The predicted octanol–water partition coefficient (Wildman–Crippen LogP) is 0.925. The molecule has 0 spiro atoms. The predicted molar refractivity (Wildman–Crippen MR) is 130 cm³/mol. The quantitative estimate of drug-likeness (QED) is 0.184. The highest BCUT2D eigenvalue weighted by molar-refractivity contribution is 8.00. The van der Waals surface area contributed by atoms with E-state index in [0.717, 1.165) is 23.2 Å². The monoisotopic (exact) mass is 574 g/mol. The minimum Gasteiger partial charge on any atom is -0.477 e. The molecule has 2 atom stereocenters. The third kappa shape index (κ3) is 5.99. The highest BCUT2D eigenvalue weighted by atomic mass is 32.2. The van der Waals surface area contributed by atoms with Gasteiger partial charge < -0.3 is 21.0 Å². The molecule has 1 aromatic rings. The summed E-state index contributed by atoms with van der Waals surface area (Å²) in [5.74, 6) is -3.60. The van der Waals surface area contributed by atoms with Crippen LogP contribution in [0.15, 0.2) is 33.5 Å². The first-order valence-electron chi connectivity index (χ1n) is 11.0. The van der Waals surface area contributed by atoms with Crippen LogP contribution >= 0.6 is 23.1 Å². The van der Waals surface area contributed by atoms with Crippen molar-refractivity contribution in [2.75, 3.05) is 31.1 Å². The number of carboxylic acid groups (broad SMARTS) is 1. The summed E-state index contributed by atoms with van der Waals surface area (Å²) < 4.78 is 38.1. The summed E-state index contributed by atoms with van der Waals surface area (Å²) in [5, 5.41) is 16.6. The number of fused-ring (bicyclic) bond motifs is 1. The van der Waals surface area contributed by atoms with E-state index >= 15 is 0 Å². The van der Waals surface area contributed by atoms with Gasteiger partial charge in [-0.25, -0.2) is 14.6 Å². The van der Waals surface area contributed by atoms with E-state index in [9.17, 15) is 37.5 Å². The van der Waals surface area contributed by atoms with Crippen molar-refractivity contribution < 1.29 is 42.3 Å². The number of nitrogens with one attached hydrogen (secondary N) is 1. The van der Waals surface area contributed by atoms with E-state index in [0.29, 0.717) is 17.6 Å². The van der Waals surface area contributed by atoms with E-state index in [1.54, 1.807) is 6.08 Å². The second-order valence-corrected chi connectivity index (χ2v) is 10.5. The molecule has 4 rings (SSSR count). The van der Waals surface area contributed by atoms with Crippen LogP contribution in [0.1, 0.15) is 19.0 Å². The molecule has 38 heavy (non-hydrogen) atoms. The van der Waals surface area contributed by atoms with Gasteiger partial charge in [0, 0.05) is 31.1 Å². The van der Waals surface area contributed by atoms with Crippen LogP contribution in [-0.2, 0) is 24.0 Å². The number of alkyl halides is 3. The van der Waals surface area contributed by atoms with Crippen LogP contribution in [0, 0.1) is 0 Å². The third-order valence-electron chi connectivity index (χ3n) is 5.69. The number of rotatable bonds is 7. The minimum absolute atomic E-state index is 0.0161. The summed E-state index contributed by atoms with van der Waals surface area (Å²) in [6, 6.07) is -1.11. The molecule has 4 N–H and O–H groups in total. The number of hydrogen-bond donors (Lipinski definition) is 3. The lowest BCUT2D eigenvalue weighted by Crippen LogP contribution is -2.71. The van der Waals surface area contributed by atoms with Crippen molar-refractivity contribution in [3.63, 3.8) is 0 Å². The zero-order chi connectivity index (χ0) is 27.8. The Hall–Kier alpha value is -3.44. The number of nitrogens with two attached hydrogens (primary N) is 1. The number of aliphatic carboxylic acids is 1. The lowest BCUT2D eigenvalue weighted by Gasteiger charge is -2.49. The van der Waals surface area contributed by atoms with E-state index in [-0.39, 0.29) is 35.4 Å².